The van der Waals surface area contributed by atoms with E-state index >= 15 is 0 Å². The Morgan fingerprint density at radius 2 is 1.77 bits per heavy atom. The summed E-state index contributed by atoms with van der Waals surface area (Å²) in [5, 5.41) is 13.0. The molecule has 15 heteroatoms. The third kappa shape index (κ3) is 6.79. The van der Waals surface area contributed by atoms with Gasteiger partial charge < -0.3 is 24.0 Å². The van der Waals surface area contributed by atoms with Gasteiger partial charge in [-0.1, -0.05) is 36.2 Å². The van der Waals surface area contributed by atoms with Crippen LogP contribution in [0, 0.1) is 0 Å². The number of benzene rings is 3. The number of aromatic nitrogens is 6. The molecule has 52 heavy (non-hydrogen) atoms. The van der Waals surface area contributed by atoms with E-state index in [1.807, 2.05) is 31.2 Å². The second-order valence-corrected chi connectivity index (χ2v) is 14.8. The number of piperazine rings is 1. The smallest absolute Gasteiger partial charge is 0.350 e. The largest absolute Gasteiger partial charge is 0.491 e. The average Bonchev–Trinajstić information content (AvgIpc) is 3.98. The zero-order chi connectivity index (χ0) is 35.8. The van der Waals surface area contributed by atoms with Crippen molar-refractivity contribution in [2.45, 2.75) is 44.7 Å². The van der Waals surface area contributed by atoms with Crippen LogP contribution in [-0.4, -0.2) is 74.6 Å². The maximum Gasteiger partial charge on any atom is 0.350 e. The van der Waals surface area contributed by atoms with Crippen LogP contribution in [0.15, 0.2) is 89.8 Å². The van der Waals surface area contributed by atoms with Gasteiger partial charge in [-0.3, -0.25) is 4.57 Å². The first-order valence-corrected chi connectivity index (χ1v) is 18.9. The van der Waals surface area contributed by atoms with E-state index in [4.69, 9.17) is 37.4 Å². The first kappa shape index (κ1) is 34.7. The van der Waals surface area contributed by atoms with E-state index in [0.29, 0.717) is 28.8 Å². The number of anilines is 2. The third-order valence-electron chi connectivity index (χ3n) is 9.84. The standard InChI is InChI=1S/C37H38Cl2N8O4S/c1-3-25(2)46-24-42-47(36(46)48)28-7-5-27(6-8-28)43-12-14-44(15-13-43)34-20-52-35-17-29(9-10-31(34)35)49-18-30-19-50-37(51-30,21-45-23-40-22-41-45)32-11-4-26(38)16-33(32)39/h4-11,16-17,20,22-25,30H,3,12-15,18-19,21H2,1-2H3/t25?,30-,37-/m0/s1. The molecule has 3 aromatic carbocycles. The molecule has 3 aromatic heterocycles. The fourth-order valence-corrected chi connectivity index (χ4v) is 8.35. The van der Waals surface area contributed by atoms with E-state index in [2.05, 4.69) is 61.6 Å². The molecule has 12 nitrogen and oxygen atoms in total. The van der Waals surface area contributed by atoms with Crippen molar-refractivity contribution in [3.05, 3.63) is 111 Å². The molecule has 0 bridgehead atoms. The Hall–Kier alpha value is -4.40. The molecule has 2 saturated heterocycles. The van der Waals surface area contributed by atoms with E-state index in [-0.39, 0.29) is 24.4 Å². The maximum absolute atomic E-state index is 12.9. The van der Waals surface area contributed by atoms with Crippen LogP contribution in [0.3, 0.4) is 0 Å². The molecule has 0 radical (unpaired) electrons. The number of nitrogens with zero attached hydrogens (tertiary/aromatic N) is 8. The Balaban J connectivity index is 0.887. The minimum atomic E-state index is -1.16. The van der Waals surface area contributed by atoms with Crippen molar-refractivity contribution in [2.24, 2.45) is 0 Å². The van der Waals surface area contributed by atoms with Crippen LogP contribution in [0.1, 0.15) is 31.9 Å². The van der Waals surface area contributed by atoms with Gasteiger partial charge in [0.15, 0.2) is 0 Å². The normalized spacial score (nSPS) is 19.8. The van der Waals surface area contributed by atoms with Gasteiger partial charge in [0, 0.05) is 64.0 Å². The topological polar surface area (TPSA) is 105 Å². The lowest BCUT2D eigenvalue weighted by Gasteiger charge is -2.37. The van der Waals surface area contributed by atoms with Gasteiger partial charge in [0.05, 0.1) is 23.0 Å². The summed E-state index contributed by atoms with van der Waals surface area (Å²) in [4.78, 5) is 21.7. The van der Waals surface area contributed by atoms with E-state index in [1.165, 1.54) is 22.1 Å². The second kappa shape index (κ2) is 14.6. The van der Waals surface area contributed by atoms with Crippen molar-refractivity contribution in [3.63, 3.8) is 0 Å². The van der Waals surface area contributed by atoms with Gasteiger partial charge in [-0.25, -0.2) is 14.5 Å². The van der Waals surface area contributed by atoms with E-state index < -0.39 is 5.79 Å². The number of ether oxygens (including phenoxy) is 3. The van der Waals surface area contributed by atoms with Gasteiger partial charge in [0.25, 0.3) is 0 Å². The quantitative estimate of drug-likeness (QED) is 0.141. The van der Waals surface area contributed by atoms with Crippen LogP contribution in [-0.2, 0) is 21.8 Å². The zero-order valence-electron chi connectivity index (χ0n) is 28.8. The van der Waals surface area contributed by atoms with Crippen molar-refractivity contribution in [1.82, 2.24) is 29.1 Å². The van der Waals surface area contributed by atoms with Crippen LogP contribution in [0.25, 0.3) is 15.8 Å². The fourth-order valence-electron chi connectivity index (χ4n) is 6.80. The molecule has 270 valence electrons. The van der Waals surface area contributed by atoms with Crippen molar-refractivity contribution >= 4 is 56.0 Å². The Labute approximate surface area is 314 Å². The summed E-state index contributed by atoms with van der Waals surface area (Å²) >= 11 is 14.5. The average molecular weight is 762 g/mol. The van der Waals surface area contributed by atoms with E-state index in [1.54, 1.807) is 45.4 Å². The lowest BCUT2D eigenvalue weighted by atomic mass is 10.1. The molecular formula is C37H38Cl2N8O4S. The van der Waals surface area contributed by atoms with Crippen molar-refractivity contribution in [3.8, 4) is 11.4 Å². The van der Waals surface area contributed by atoms with Crippen molar-refractivity contribution in [1.29, 1.82) is 0 Å². The first-order valence-electron chi connectivity index (χ1n) is 17.3. The summed E-state index contributed by atoms with van der Waals surface area (Å²) < 4.78 is 25.0. The van der Waals surface area contributed by atoms with E-state index in [0.717, 1.165) is 54.4 Å². The van der Waals surface area contributed by atoms with Gasteiger partial charge in [-0.2, -0.15) is 14.9 Å². The molecule has 8 rings (SSSR count). The molecule has 0 N–H and O–H groups in total. The number of hydrogen-bond donors (Lipinski definition) is 0. The molecule has 6 aromatic rings. The third-order valence-corrected chi connectivity index (χ3v) is 11.3. The van der Waals surface area contributed by atoms with Crippen molar-refractivity contribution in [2.75, 3.05) is 49.2 Å². The predicted octanol–water partition coefficient (Wildman–Crippen LogP) is 6.79. The molecule has 0 saturated carbocycles. The Morgan fingerprint density at radius 1 is 0.981 bits per heavy atom. The molecule has 2 aliphatic heterocycles. The predicted molar refractivity (Wildman–Crippen MR) is 204 cm³/mol. The fraction of sp³-hybridized carbons (Fsp3) is 0.351. The molecule has 1 unspecified atom stereocenters. The lowest BCUT2D eigenvalue weighted by molar-refractivity contribution is -0.190. The summed E-state index contributed by atoms with van der Waals surface area (Å²) in [6.45, 7) is 8.56. The number of thiophene rings is 1. The monoisotopic (exact) mass is 760 g/mol. The summed E-state index contributed by atoms with van der Waals surface area (Å²) in [6.07, 6.45) is 5.24. The van der Waals surface area contributed by atoms with Crippen molar-refractivity contribution < 1.29 is 14.2 Å². The summed E-state index contributed by atoms with van der Waals surface area (Å²) in [7, 11) is 0. The lowest BCUT2D eigenvalue weighted by Crippen LogP contribution is -2.46. The SMILES string of the molecule is CCC(C)n1cnn(-c2ccc(N3CCN(c4csc5cc(OC[C@H]6CO[C@](Cn7cncn7)(c7ccc(Cl)cc7Cl)O6)ccc45)CC3)cc2)c1=O. The summed E-state index contributed by atoms with van der Waals surface area (Å²) in [5.41, 5.74) is 3.70. The molecule has 3 atom stereocenters. The number of fused-ring (bicyclic) bond motifs is 1. The van der Waals surface area contributed by atoms with Crippen LogP contribution in [0.5, 0.6) is 5.75 Å². The van der Waals surface area contributed by atoms with Gasteiger partial charge in [-0.15, -0.1) is 11.3 Å². The van der Waals surface area contributed by atoms with E-state index in [9.17, 15) is 4.79 Å². The molecule has 0 amide bonds. The molecular weight excluding hydrogens is 723 g/mol. The highest BCUT2D eigenvalue weighted by atomic mass is 35.5. The summed E-state index contributed by atoms with van der Waals surface area (Å²) in [5.74, 6) is -0.396. The van der Waals surface area contributed by atoms with Crippen LogP contribution in [0.2, 0.25) is 10.0 Å². The van der Waals surface area contributed by atoms with Crippen LogP contribution in [0.4, 0.5) is 11.4 Å². The molecule has 0 spiro atoms. The maximum atomic E-state index is 12.9. The number of hydrogen-bond acceptors (Lipinski definition) is 10. The van der Waals surface area contributed by atoms with Crippen LogP contribution < -0.4 is 20.2 Å². The highest BCUT2D eigenvalue weighted by molar-refractivity contribution is 7.17. The Morgan fingerprint density at radius 3 is 2.52 bits per heavy atom. The Kier molecular flexibility index (Phi) is 9.70. The molecule has 5 heterocycles. The highest BCUT2D eigenvalue weighted by Crippen LogP contribution is 2.41. The molecule has 2 aliphatic rings. The van der Waals surface area contributed by atoms with Gasteiger partial charge >= 0.3 is 5.69 Å². The summed E-state index contributed by atoms with van der Waals surface area (Å²) in [6, 6.07) is 19.7. The molecule has 2 fully saturated rings. The van der Waals surface area contributed by atoms with Gasteiger partial charge in [0.1, 0.15) is 44.0 Å². The highest BCUT2D eigenvalue weighted by Gasteiger charge is 2.45. The van der Waals surface area contributed by atoms with Gasteiger partial charge in [-0.05, 0) is 67.9 Å². The first-order chi connectivity index (χ1) is 25.3. The minimum Gasteiger partial charge on any atom is -0.491 e. The number of rotatable bonds is 11. The molecule has 0 aliphatic carbocycles. The Bertz CT molecular complexity index is 2210. The minimum absolute atomic E-state index is 0.113. The number of halogens is 2. The van der Waals surface area contributed by atoms with Crippen LogP contribution >= 0.6 is 34.5 Å². The second-order valence-electron chi connectivity index (χ2n) is 13.1. The van der Waals surface area contributed by atoms with Gasteiger partial charge in [0.2, 0.25) is 5.79 Å². The zero-order valence-corrected chi connectivity index (χ0v) is 31.1.